The van der Waals surface area contributed by atoms with Crippen molar-refractivity contribution in [2.75, 3.05) is 56.0 Å². The van der Waals surface area contributed by atoms with Crippen molar-refractivity contribution in [1.29, 1.82) is 0 Å². The molecule has 0 atom stereocenters. The van der Waals surface area contributed by atoms with Gasteiger partial charge in [-0.15, -0.1) is 3.89 Å². The Morgan fingerprint density at radius 3 is 2.56 bits per heavy atom. The van der Waals surface area contributed by atoms with Gasteiger partial charge in [-0.05, 0) is 85.2 Å². The van der Waals surface area contributed by atoms with E-state index >= 15 is 0 Å². The van der Waals surface area contributed by atoms with Gasteiger partial charge in [0.2, 0.25) is 5.36 Å². The van der Waals surface area contributed by atoms with E-state index in [9.17, 15) is 31.8 Å². The van der Waals surface area contributed by atoms with Gasteiger partial charge < -0.3 is 24.8 Å². The highest BCUT2D eigenvalue weighted by molar-refractivity contribution is 7.98. The van der Waals surface area contributed by atoms with Gasteiger partial charge in [-0.3, -0.25) is 9.59 Å². The number of anilines is 2. The largest absolute Gasteiger partial charge is 0.478 e. The van der Waals surface area contributed by atoms with Crippen molar-refractivity contribution < 1.29 is 41.3 Å². The number of carboxylic acids is 1. The number of rotatable bonds is 10. The Hall–Kier alpha value is -5.21. The van der Waals surface area contributed by atoms with Gasteiger partial charge in [0, 0.05) is 65.1 Å². The number of nitrogens with zero attached hydrogens (tertiary/aromatic N) is 2. The molecule has 0 bridgehead atoms. The maximum absolute atomic E-state index is 13.9. The molecule has 1 amide bonds. The molecular formula is C40H39FN3O8S2+. The van der Waals surface area contributed by atoms with Gasteiger partial charge >= 0.3 is 22.2 Å². The van der Waals surface area contributed by atoms with Crippen LogP contribution >= 0.6 is 11.8 Å². The first kappa shape index (κ1) is 37.1. The van der Waals surface area contributed by atoms with Crippen LogP contribution in [0, 0.1) is 0 Å². The minimum Gasteiger partial charge on any atom is -0.478 e. The molecule has 0 saturated carbocycles. The number of aromatic carboxylic acids is 1. The topological polar surface area (TPSA) is 142 Å². The summed E-state index contributed by atoms with van der Waals surface area (Å²) in [6.45, 7) is 2.05. The predicted octanol–water partition coefficient (Wildman–Crippen LogP) is 4.55. The Morgan fingerprint density at radius 2 is 1.80 bits per heavy atom. The van der Waals surface area contributed by atoms with Crippen LogP contribution in [-0.4, -0.2) is 77.2 Å². The first-order chi connectivity index (χ1) is 25.8. The summed E-state index contributed by atoms with van der Waals surface area (Å²) in [6.07, 6.45) is 5.30. The summed E-state index contributed by atoms with van der Waals surface area (Å²) in [5, 5.41) is 14.4. The number of carbonyl (C=O) groups excluding carboxylic acids is 2. The van der Waals surface area contributed by atoms with Crippen LogP contribution < -0.4 is 30.1 Å². The van der Waals surface area contributed by atoms with Gasteiger partial charge in [0.1, 0.15) is 31.7 Å². The van der Waals surface area contributed by atoms with Crippen LogP contribution in [0.4, 0.5) is 15.3 Å². The van der Waals surface area contributed by atoms with E-state index in [1.54, 1.807) is 12.1 Å². The Kier molecular flexibility index (Phi) is 10.2. The zero-order valence-corrected chi connectivity index (χ0v) is 31.7. The Morgan fingerprint density at radius 1 is 1.00 bits per heavy atom. The number of hydrogen-bond donors (Lipinski definition) is 2. The maximum atomic E-state index is 13.9. The van der Waals surface area contributed by atoms with E-state index in [2.05, 4.69) is 53.2 Å². The van der Waals surface area contributed by atoms with E-state index in [0.717, 1.165) is 106 Å². The van der Waals surface area contributed by atoms with Crippen LogP contribution in [0.25, 0.3) is 5.57 Å². The highest BCUT2D eigenvalue weighted by Crippen LogP contribution is 2.45. The summed E-state index contributed by atoms with van der Waals surface area (Å²) in [4.78, 5) is 40.2. The number of thioether (sulfide) groups is 1. The average molecular weight is 773 g/mol. The van der Waals surface area contributed by atoms with E-state index in [0.29, 0.717) is 17.4 Å². The standard InChI is InChI=1S/C40H38FN3O8S2/c1-43-16-4-6-27-33(43)14-11-29-36(30-12-15-34-28(7-5-17-44(34)2)38(30)52-37(27)29)23-8-13-32(24(20-23)21-35(45)51-18-19-53-3)42-39(46)31-22-25(54(41,49)50)9-10-26(31)40(47)48/h8-15,20,22H,4-7,16-19,21H2,1-3H3,(H,47,48)/p+1. The van der Waals surface area contributed by atoms with Crippen molar-refractivity contribution >= 4 is 56.8 Å². The second-order valence-electron chi connectivity index (χ2n) is 13.6. The predicted molar refractivity (Wildman–Crippen MR) is 205 cm³/mol. The molecular weight excluding hydrogens is 734 g/mol. The van der Waals surface area contributed by atoms with Crippen LogP contribution in [-0.2, 0) is 39.0 Å². The fourth-order valence-corrected chi connectivity index (χ4v) is 8.29. The maximum Gasteiger partial charge on any atom is 0.336 e. The number of amides is 1. The molecule has 0 saturated heterocycles. The fourth-order valence-electron chi connectivity index (χ4n) is 7.55. The zero-order valence-electron chi connectivity index (χ0n) is 30.0. The lowest BCUT2D eigenvalue weighted by Gasteiger charge is -2.32. The third-order valence-electron chi connectivity index (χ3n) is 10.2. The molecule has 0 radical (unpaired) electrons. The van der Waals surface area contributed by atoms with E-state index < -0.39 is 44.1 Å². The molecule has 3 aliphatic rings. The van der Waals surface area contributed by atoms with Gasteiger partial charge in [0.05, 0.1) is 28.0 Å². The molecule has 4 aromatic carbocycles. The van der Waals surface area contributed by atoms with Gasteiger partial charge in [-0.25, -0.2) is 9.37 Å². The minimum atomic E-state index is -5.25. The number of fused-ring (bicyclic) bond motifs is 6. The van der Waals surface area contributed by atoms with Gasteiger partial charge in [-0.2, -0.15) is 20.2 Å². The van der Waals surface area contributed by atoms with E-state index in [4.69, 9.17) is 9.47 Å². The van der Waals surface area contributed by atoms with Gasteiger partial charge in [-0.1, -0.05) is 6.07 Å². The highest BCUT2D eigenvalue weighted by atomic mass is 32.3. The van der Waals surface area contributed by atoms with E-state index in [1.807, 2.05) is 12.3 Å². The van der Waals surface area contributed by atoms with Crippen LogP contribution in [0.2, 0.25) is 0 Å². The molecule has 54 heavy (non-hydrogen) atoms. The lowest BCUT2D eigenvalue weighted by Crippen LogP contribution is -2.37. The molecule has 7 rings (SSSR count). The molecule has 2 N–H and O–H groups in total. The first-order valence-corrected chi connectivity index (χ1v) is 20.3. The van der Waals surface area contributed by atoms with Crippen molar-refractivity contribution in [3.63, 3.8) is 0 Å². The van der Waals surface area contributed by atoms with Crippen molar-refractivity contribution in [2.45, 2.75) is 37.0 Å². The molecule has 14 heteroatoms. The van der Waals surface area contributed by atoms with Gasteiger partial charge in [0.15, 0.2) is 0 Å². The number of halogens is 1. The highest BCUT2D eigenvalue weighted by Gasteiger charge is 2.31. The number of ether oxygens (including phenoxy) is 2. The van der Waals surface area contributed by atoms with Crippen LogP contribution in [0.15, 0.2) is 65.6 Å². The van der Waals surface area contributed by atoms with Crippen molar-refractivity contribution in [2.24, 2.45) is 0 Å². The third-order valence-corrected chi connectivity index (χ3v) is 11.5. The summed E-state index contributed by atoms with van der Waals surface area (Å²) in [7, 11) is -1.10. The number of hydrogen-bond acceptors (Lipinski definition) is 9. The molecule has 0 aliphatic carbocycles. The van der Waals surface area contributed by atoms with Crippen molar-refractivity contribution in [3.8, 4) is 11.5 Å². The fraction of sp³-hybridized carbons (Fsp3) is 0.300. The summed E-state index contributed by atoms with van der Waals surface area (Å²) in [5.74, 6) is -0.870. The zero-order chi connectivity index (χ0) is 38.3. The molecule has 0 aromatic heterocycles. The Balaban J connectivity index is 1.40. The lowest BCUT2D eigenvalue weighted by molar-refractivity contribution is -0.142. The first-order valence-electron chi connectivity index (χ1n) is 17.6. The number of carboxylic acid groups (broad SMARTS) is 1. The van der Waals surface area contributed by atoms with E-state index in [1.165, 1.54) is 11.8 Å². The minimum absolute atomic E-state index is 0.169. The Bertz CT molecular complexity index is 2490. The molecule has 0 fully saturated rings. The third kappa shape index (κ3) is 7.07. The summed E-state index contributed by atoms with van der Waals surface area (Å²) in [5.41, 5.74) is 5.34. The molecule has 3 heterocycles. The Labute approximate surface area is 316 Å². The van der Waals surface area contributed by atoms with E-state index in [-0.39, 0.29) is 18.7 Å². The van der Waals surface area contributed by atoms with Crippen LogP contribution in [0.5, 0.6) is 11.5 Å². The molecule has 0 spiro atoms. The summed E-state index contributed by atoms with van der Waals surface area (Å²) < 4.78 is 51.9. The number of carbonyl (C=O) groups is 3. The molecule has 3 aliphatic heterocycles. The van der Waals surface area contributed by atoms with Crippen molar-refractivity contribution in [1.82, 2.24) is 4.58 Å². The van der Waals surface area contributed by atoms with Crippen LogP contribution in [0.1, 0.15) is 61.4 Å². The molecule has 280 valence electrons. The van der Waals surface area contributed by atoms with Crippen molar-refractivity contribution in [3.05, 3.63) is 110 Å². The van der Waals surface area contributed by atoms with Gasteiger partial charge in [0.25, 0.3) is 5.91 Å². The molecule has 11 nitrogen and oxygen atoms in total. The second kappa shape index (κ2) is 14.9. The quantitative estimate of drug-likeness (QED) is 0.0900. The summed E-state index contributed by atoms with van der Waals surface area (Å²) in [6, 6.07) is 15.9. The molecule has 4 aromatic rings. The van der Waals surface area contributed by atoms with Crippen LogP contribution in [0.3, 0.4) is 0 Å². The number of benzene rings is 4. The number of esters is 1. The molecule has 0 unspecified atom stereocenters. The average Bonchev–Trinajstić information content (AvgIpc) is 3.14. The lowest BCUT2D eigenvalue weighted by atomic mass is 9.86. The normalized spacial score (nSPS) is 14.6. The monoisotopic (exact) mass is 772 g/mol. The SMILES string of the molecule is CSCCOC(=O)Cc1cc(C2=c3ccc4c(c3Oc3c2ccc2c3CCCN2C)CCC[N+]=4C)ccc1NC(=O)c1cc(S(=O)(=O)F)ccc1C(=O)O. The number of nitrogens with one attached hydrogen (secondary N) is 1. The second-order valence-corrected chi connectivity index (χ2v) is 15.9. The smallest absolute Gasteiger partial charge is 0.336 e. The summed E-state index contributed by atoms with van der Waals surface area (Å²) >= 11 is 1.52.